The van der Waals surface area contributed by atoms with Crippen molar-refractivity contribution in [2.45, 2.75) is 53.4 Å². The molecule has 0 aliphatic heterocycles. The Morgan fingerprint density at radius 1 is 1.13 bits per heavy atom. The minimum absolute atomic E-state index is 0.0524. The van der Waals surface area contributed by atoms with Gasteiger partial charge in [-0.05, 0) is 37.0 Å². The first-order valence-electron chi connectivity index (χ1n) is 5.90. The molecule has 0 bridgehead atoms. The molecule has 0 aliphatic rings. The van der Waals surface area contributed by atoms with Crippen LogP contribution in [0.15, 0.2) is 18.2 Å². The highest BCUT2D eigenvalue weighted by Gasteiger charge is 2.00. The van der Waals surface area contributed by atoms with Crippen LogP contribution in [0.3, 0.4) is 0 Å². The Labute approximate surface area is 93.5 Å². The van der Waals surface area contributed by atoms with Crippen LogP contribution in [0.4, 0.5) is 4.39 Å². The molecule has 0 heterocycles. The van der Waals surface area contributed by atoms with Crippen LogP contribution in [0.2, 0.25) is 0 Å². The molecule has 0 saturated heterocycles. The van der Waals surface area contributed by atoms with Crippen LogP contribution in [0.25, 0.3) is 0 Å². The molecule has 0 atom stereocenters. The fourth-order valence-corrected chi connectivity index (χ4v) is 1.22. The Hall–Kier alpha value is -0.850. The molecule has 0 amide bonds. The second-order valence-electron chi connectivity index (χ2n) is 3.91. The summed E-state index contributed by atoms with van der Waals surface area (Å²) in [6.45, 7) is 8.28. The van der Waals surface area contributed by atoms with Gasteiger partial charge in [0.1, 0.15) is 5.82 Å². The van der Waals surface area contributed by atoms with Crippen LogP contribution < -0.4 is 0 Å². The zero-order chi connectivity index (χ0) is 11.7. The van der Waals surface area contributed by atoms with E-state index >= 15 is 0 Å². The van der Waals surface area contributed by atoms with E-state index in [2.05, 4.69) is 20.8 Å². The van der Waals surface area contributed by atoms with E-state index in [0.717, 1.165) is 30.4 Å². The summed E-state index contributed by atoms with van der Waals surface area (Å²) in [5.41, 5.74) is 1.84. The molecule has 0 spiro atoms. The number of benzene rings is 1. The standard InChI is InChI=1S/C11H15F.C3H8/c1-3-4-5-10-7-6-9(2)8-11(10)12;1-3-2/h6-8H,3-5H2,1-2H3;3H2,1-2H3. The quantitative estimate of drug-likeness (QED) is 0.666. The SMILES string of the molecule is CCC.CCCCc1ccc(C)cc1F. The number of aryl methyl sites for hydroxylation is 2. The van der Waals surface area contributed by atoms with Crippen LogP contribution in [-0.4, -0.2) is 0 Å². The molecule has 0 saturated carbocycles. The second kappa shape index (κ2) is 8.46. The molecule has 0 N–H and O–H groups in total. The van der Waals surface area contributed by atoms with Gasteiger partial charge in [-0.3, -0.25) is 0 Å². The summed E-state index contributed by atoms with van der Waals surface area (Å²) >= 11 is 0. The molecular weight excluding hydrogens is 187 g/mol. The summed E-state index contributed by atoms with van der Waals surface area (Å²) in [4.78, 5) is 0. The number of rotatable bonds is 3. The summed E-state index contributed by atoms with van der Waals surface area (Å²) in [6, 6.07) is 5.46. The molecule has 0 aromatic heterocycles. The summed E-state index contributed by atoms with van der Waals surface area (Å²) < 4.78 is 13.2. The van der Waals surface area contributed by atoms with E-state index in [-0.39, 0.29) is 5.82 Å². The summed E-state index contributed by atoms with van der Waals surface area (Å²) in [5, 5.41) is 0. The van der Waals surface area contributed by atoms with Crippen LogP contribution in [0, 0.1) is 12.7 Å². The maximum absolute atomic E-state index is 13.2. The molecule has 0 nitrogen and oxygen atoms in total. The lowest BCUT2D eigenvalue weighted by Gasteiger charge is -2.02. The van der Waals surface area contributed by atoms with Gasteiger partial charge in [0.2, 0.25) is 0 Å². The Balaban J connectivity index is 0.000000583. The van der Waals surface area contributed by atoms with Gasteiger partial charge in [-0.15, -0.1) is 0 Å². The molecular formula is C14H23F. The highest BCUT2D eigenvalue weighted by Crippen LogP contribution is 2.12. The van der Waals surface area contributed by atoms with Crippen molar-refractivity contribution >= 4 is 0 Å². The number of unbranched alkanes of at least 4 members (excludes halogenated alkanes) is 1. The van der Waals surface area contributed by atoms with Crippen molar-refractivity contribution in [2.75, 3.05) is 0 Å². The van der Waals surface area contributed by atoms with Crippen molar-refractivity contribution in [2.24, 2.45) is 0 Å². The van der Waals surface area contributed by atoms with E-state index in [1.807, 2.05) is 19.1 Å². The Kier molecular flexibility index (Phi) is 7.98. The Bertz CT molecular complexity index is 266. The minimum atomic E-state index is -0.0524. The van der Waals surface area contributed by atoms with Crippen LogP contribution in [0.1, 0.15) is 51.2 Å². The van der Waals surface area contributed by atoms with Crippen LogP contribution >= 0.6 is 0 Å². The van der Waals surface area contributed by atoms with Gasteiger partial charge in [0.15, 0.2) is 0 Å². The predicted molar refractivity (Wildman–Crippen MR) is 65.7 cm³/mol. The molecule has 1 aromatic carbocycles. The van der Waals surface area contributed by atoms with Gasteiger partial charge < -0.3 is 0 Å². The smallest absolute Gasteiger partial charge is 0.126 e. The molecule has 0 fully saturated rings. The first-order chi connectivity index (χ1) is 7.15. The van der Waals surface area contributed by atoms with Gasteiger partial charge in [0.25, 0.3) is 0 Å². The monoisotopic (exact) mass is 210 g/mol. The predicted octanol–water partition coefficient (Wildman–Crippen LogP) is 4.89. The van der Waals surface area contributed by atoms with Crippen LogP contribution in [-0.2, 0) is 6.42 Å². The first-order valence-corrected chi connectivity index (χ1v) is 5.90. The van der Waals surface area contributed by atoms with Crippen molar-refractivity contribution in [3.63, 3.8) is 0 Å². The highest BCUT2D eigenvalue weighted by atomic mass is 19.1. The lowest BCUT2D eigenvalue weighted by atomic mass is 10.1. The second-order valence-corrected chi connectivity index (χ2v) is 3.91. The molecule has 1 heteroatoms. The molecule has 0 radical (unpaired) electrons. The largest absolute Gasteiger partial charge is 0.207 e. The normalized spacial score (nSPS) is 9.40. The van der Waals surface area contributed by atoms with Crippen LogP contribution in [0.5, 0.6) is 0 Å². The first kappa shape index (κ1) is 14.2. The summed E-state index contributed by atoms with van der Waals surface area (Å²) in [7, 11) is 0. The van der Waals surface area contributed by atoms with Gasteiger partial charge in [0, 0.05) is 0 Å². The lowest BCUT2D eigenvalue weighted by Crippen LogP contribution is -1.90. The van der Waals surface area contributed by atoms with E-state index in [4.69, 9.17) is 0 Å². The van der Waals surface area contributed by atoms with E-state index in [0.29, 0.717) is 0 Å². The van der Waals surface area contributed by atoms with Crippen molar-refractivity contribution in [1.29, 1.82) is 0 Å². The maximum atomic E-state index is 13.2. The molecule has 0 aliphatic carbocycles. The number of halogens is 1. The minimum Gasteiger partial charge on any atom is -0.207 e. The Morgan fingerprint density at radius 3 is 2.20 bits per heavy atom. The summed E-state index contributed by atoms with van der Waals surface area (Å²) in [6.07, 6.45) is 4.30. The van der Waals surface area contributed by atoms with Crippen molar-refractivity contribution in [1.82, 2.24) is 0 Å². The third-order valence-electron chi connectivity index (χ3n) is 2.01. The van der Waals surface area contributed by atoms with Crippen molar-refractivity contribution in [3.05, 3.63) is 35.1 Å². The van der Waals surface area contributed by atoms with Gasteiger partial charge in [-0.25, -0.2) is 4.39 Å². The van der Waals surface area contributed by atoms with Crippen molar-refractivity contribution < 1.29 is 4.39 Å². The molecule has 15 heavy (non-hydrogen) atoms. The van der Waals surface area contributed by atoms with Crippen molar-refractivity contribution in [3.8, 4) is 0 Å². The molecule has 1 rings (SSSR count). The number of hydrogen-bond donors (Lipinski definition) is 0. The van der Waals surface area contributed by atoms with E-state index < -0.39 is 0 Å². The topological polar surface area (TPSA) is 0 Å². The lowest BCUT2D eigenvalue weighted by molar-refractivity contribution is 0.602. The van der Waals surface area contributed by atoms with Gasteiger partial charge in [0.05, 0.1) is 0 Å². The van der Waals surface area contributed by atoms with Gasteiger partial charge in [-0.2, -0.15) is 0 Å². The maximum Gasteiger partial charge on any atom is 0.126 e. The molecule has 1 aromatic rings. The fourth-order valence-electron chi connectivity index (χ4n) is 1.22. The van der Waals surface area contributed by atoms with E-state index in [1.54, 1.807) is 6.07 Å². The zero-order valence-corrected chi connectivity index (χ0v) is 10.4. The van der Waals surface area contributed by atoms with Gasteiger partial charge in [-0.1, -0.05) is 45.7 Å². The van der Waals surface area contributed by atoms with E-state index in [9.17, 15) is 4.39 Å². The Morgan fingerprint density at radius 2 is 1.73 bits per heavy atom. The molecule has 86 valence electrons. The average molecular weight is 210 g/mol. The molecule has 0 unspecified atom stereocenters. The highest BCUT2D eigenvalue weighted by molar-refractivity contribution is 5.23. The fraction of sp³-hybridized carbons (Fsp3) is 0.571. The van der Waals surface area contributed by atoms with Gasteiger partial charge >= 0.3 is 0 Å². The number of hydrogen-bond acceptors (Lipinski definition) is 0. The third-order valence-corrected chi connectivity index (χ3v) is 2.01. The third kappa shape index (κ3) is 6.27. The summed E-state index contributed by atoms with van der Waals surface area (Å²) in [5.74, 6) is -0.0524. The average Bonchev–Trinajstić information content (AvgIpc) is 2.18. The zero-order valence-electron chi connectivity index (χ0n) is 10.4. The van der Waals surface area contributed by atoms with E-state index in [1.165, 1.54) is 6.42 Å².